The predicted octanol–water partition coefficient (Wildman–Crippen LogP) is 4.99. The largest absolute Gasteiger partial charge is 0.507 e. The Bertz CT molecular complexity index is 1080. The Morgan fingerprint density at radius 1 is 1.18 bits per heavy atom. The molecule has 3 heterocycles. The smallest absolute Gasteiger partial charge is 0.215 e. The summed E-state index contributed by atoms with van der Waals surface area (Å²) in [7, 11) is 0. The number of hydrogen-bond acceptors (Lipinski definition) is 5. The fraction of sp³-hybridized carbons (Fsp3) is 0.182. The topological polar surface area (TPSA) is 58.0 Å². The van der Waals surface area contributed by atoms with Crippen LogP contribution in [0.3, 0.4) is 0 Å². The summed E-state index contributed by atoms with van der Waals surface area (Å²) in [5, 5.41) is 17.9. The van der Waals surface area contributed by atoms with Gasteiger partial charge < -0.3 is 9.84 Å². The molecule has 1 aromatic heterocycles. The van der Waals surface area contributed by atoms with Crippen LogP contribution in [0.4, 0.5) is 0 Å². The highest BCUT2D eigenvalue weighted by molar-refractivity contribution is 6.30. The van der Waals surface area contributed by atoms with Crippen molar-refractivity contribution in [2.24, 2.45) is 5.10 Å². The number of halogens is 1. The van der Waals surface area contributed by atoms with Gasteiger partial charge in [0.05, 0.1) is 11.8 Å². The molecule has 0 fully saturated rings. The van der Waals surface area contributed by atoms with Gasteiger partial charge >= 0.3 is 0 Å². The molecule has 28 heavy (non-hydrogen) atoms. The lowest BCUT2D eigenvalue weighted by atomic mass is 9.95. The number of aromatic nitrogens is 1. The lowest BCUT2D eigenvalue weighted by molar-refractivity contribution is -0.0192. The third-order valence-corrected chi connectivity index (χ3v) is 5.42. The summed E-state index contributed by atoms with van der Waals surface area (Å²) < 4.78 is 6.28. The number of rotatable bonds is 2. The van der Waals surface area contributed by atoms with Crippen LogP contribution in [0, 0.1) is 6.92 Å². The summed E-state index contributed by atoms with van der Waals surface area (Å²) in [5.74, 6) is 1.03. The van der Waals surface area contributed by atoms with E-state index < -0.39 is 6.23 Å². The molecule has 2 atom stereocenters. The molecule has 0 amide bonds. The van der Waals surface area contributed by atoms with Gasteiger partial charge in [-0.1, -0.05) is 29.3 Å². The number of benzene rings is 2. The zero-order chi connectivity index (χ0) is 19.3. The zero-order valence-electron chi connectivity index (χ0n) is 15.2. The predicted molar refractivity (Wildman–Crippen MR) is 108 cm³/mol. The van der Waals surface area contributed by atoms with Crippen LogP contribution in [0.2, 0.25) is 5.02 Å². The molecule has 1 N–H and O–H groups in total. The maximum Gasteiger partial charge on any atom is 0.215 e. The summed E-state index contributed by atoms with van der Waals surface area (Å²) in [6.45, 7) is 2.00. The second-order valence-corrected chi connectivity index (χ2v) is 7.54. The number of aromatic hydroxyl groups is 1. The van der Waals surface area contributed by atoms with Crippen LogP contribution in [-0.2, 0) is 0 Å². The van der Waals surface area contributed by atoms with Crippen molar-refractivity contribution in [3.63, 3.8) is 0 Å². The van der Waals surface area contributed by atoms with Crippen molar-refractivity contribution in [3.05, 3.63) is 88.2 Å². The molecule has 2 aliphatic rings. The van der Waals surface area contributed by atoms with E-state index in [1.54, 1.807) is 18.5 Å². The number of hydrogen-bond donors (Lipinski definition) is 1. The van der Waals surface area contributed by atoms with Gasteiger partial charge in [0.15, 0.2) is 0 Å². The Labute approximate surface area is 167 Å². The zero-order valence-corrected chi connectivity index (χ0v) is 16.0. The van der Waals surface area contributed by atoms with E-state index in [0.29, 0.717) is 11.4 Å². The molecule has 6 heteroatoms. The van der Waals surface area contributed by atoms with Crippen molar-refractivity contribution in [1.29, 1.82) is 0 Å². The Morgan fingerprint density at radius 3 is 2.89 bits per heavy atom. The highest BCUT2D eigenvalue weighted by atomic mass is 35.5. The monoisotopic (exact) mass is 391 g/mol. The maximum absolute atomic E-state index is 10.4. The first-order valence-corrected chi connectivity index (χ1v) is 9.50. The van der Waals surface area contributed by atoms with Crippen LogP contribution >= 0.6 is 11.6 Å². The van der Waals surface area contributed by atoms with E-state index >= 15 is 0 Å². The fourth-order valence-corrected chi connectivity index (χ4v) is 4.02. The maximum atomic E-state index is 10.4. The number of phenolic OH excluding ortho intramolecular Hbond substituents is 1. The second kappa shape index (κ2) is 6.53. The van der Waals surface area contributed by atoms with Crippen molar-refractivity contribution in [2.75, 3.05) is 0 Å². The molecule has 0 radical (unpaired) electrons. The number of fused-ring (bicyclic) bond motifs is 3. The molecule has 0 unspecified atom stereocenters. The van der Waals surface area contributed by atoms with Gasteiger partial charge in [-0.25, -0.2) is 5.01 Å². The molecule has 5 rings (SSSR count). The first-order chi connectivity index (χ1) is 13.6. The van der Waals surface area contributed by atoms with Crippen LogP contribution in [-0.4, -0.2) is 20.8 Å². The molecule has 0 saturated carbocycles. The van der Waals surface area contributed by atoms with Crippen LogP contribution in [0.1, 0.15) is 40.9 Å². The molecule has 0 saturated heterocycles. The Balaban J connectivity index is 1.63. The lowest BCUT2D eigenvalue weighted by Crippen LogP contribution is -2.33. The van der Waals surface area contributed by atoms with Gasteiger partial charge in [0, 0.05) is 40.5 Å². The summed E-state index contributed by atoms with van der Waals surface area (Å²) in [6, 6.07) is 15.1. The van der Waals surface area contributed by atoms with E-state index in [2.05, 4.69) is 4.98 Å². The van der Waals surface area contributed by atoms with Gasteiger partial charge in [0.1, 0.15) is 11.5 Å². The molecule has 0 bridgehead atoms. The fourth-order valence-electron chi connectivity index (χ4n) is 3.84. The SMILES string of the molecule is Cc1ccc(O)c(C2=NN3[C@@H](C2)c2cc(Cl)ccc2O[C@H]3c2cccnc2)c1. The van der Waals surface area contributed by atoms with Gasteiger partial charge in [-0.05, 0) is 43.3 Å². The summed E-state index contributed by atoms with van der Waals surface area (Å²) in [6.07, 6.45) is 3.79. The molecule has 2 aromatic carbocycles. The van der Waals surface area contributed by atoms with Gasteiger partial charge in [0.2, 0.25) is 6.23 Å². The van der Waals surface area contributed by atoms with Crippen molar-refractivity contribution in [3.8, 4) is 11.5 Å². The van der Waals surface area contributed by atoms with Crippen LogP contribution in [0.15, 0.2) is 66.0 Å². The average Bonchev–Trinajstić information content (AvgIpc) is 3.15. The van der Waals surface area contributed by atoms with E-state index in [1.165, 1.54) is 0 Å². The first kappa shape index (κ1) is 17.1. The third-order valence-electron chi connectivity index (χ3n) is 5.18. The number of pyridine rings is 1. The molecule has 5 nitrogen and oxygen atoms in total. The van der Waals surface area contributed by atoms with E-state index in [1.807, 2.05) is 54.4 Å². The normalized spacial score (nSPS) is 20.2. The Kier molecular flexibility index (Phi) is 3.98. The molecule has 3 aromatic rings. The molecule has 0 aliphatic carbocycles. The lowest BCUT2D eigenvalue weighted by Gasteiger charge is -2.38. The number of ether oxygens (including phenoxy) is 1. The van der Waals surface area contributed by atoms with Crippen LogP contribution in [0.5, 0.6) is 11.5 Å². The van der Waals surface area contributed by atoms with Crippen molar-refractivity contribution in [1.82, 2.24) is 9.99 Å². The van der Waals surface area contributed by atoms with Gasteiger partial charge in [-0.3, -0.25) is 4.98 Å². The average molecular weight is 392 g/mol. The van der Waals surface area contributed by atoms with Crippen LogP contribution in [0.25, 0.3) is 0 Å². The molecular weight excluding hydrogens is 374 g/mol. The minimum absolute atomic E-state index is 0.0254. The number of phenols is 1. The number of hydrazone groups is 1. The second-order valence-electron chi connectivity index (χ2n) is 7.11. The highest BCUT2D eigenvalue weighted by Gasteiger charge is 2.41. The van der Waals surface area contributed by atoms with Crippen molar-refractivity contribution >= 4 is 17.3 Å². The number of aryl methyl sites for hydroxylation is 1. The third kappa shape index (κ3) is 2.79. The molecular formula is C22H18ClN3O2. The van der Waals surface area contributed by atoms with E-state index in [0.717, 1.165) is 33.7 Å². The quantitative estimate of drug-likeness (QED) is 0.668. The van der Waals surface area contributed by atoms with E-state index in [-0.39, 0.29) is 11.8 Å². The first-order valence-electron chi connectivity index (χ1n) is 9.12. The summed E-state index contributed by atoms with van der Waals surface area (Å²) in [4.78, 5) is 4.23. The standard InChI is InChI=1S/C22H18ClN3O2/c1-13-4-6-20(27)16(9-13)18-11-19-17-10-15(23)5-7-21(17)28-22(26(19)25-18)14-3-2-8-24-12-14/h2-10,12,19,22,27H,11H2,1H3/t19-,22-/m0/s1. The van der Waals surface area contributed by atoms with Crippen LogP contribution < -0.4 is 4.74 Å². The summed E-state index contributed by atoms with van der Waals surface area (Å²) >= 11 is 6.26. The summed E-state index contributed by atoms with van der Waals surface area (Å²) in [5.41, 5.74) is 4.58. The van der Waals surface area contributed by atoms with Crippen molar-refractivity contribution < 1.29 is 9.84 Å². The molecule has 0 spiro atoms. The number of nitrogens with zero attached hydrogens (tertiary/aromatic N) is 3. The van der Waals surface area contributed by atoms with Gasteiger partial charge in [-0.15, -0.1) is 0 Å². The van der Waals surface area contributed by atoms with Crippen molar-refractivity contribution in [2.45, 2.75) is 25.6 Å². The minimum Gasteiger partial charge on any atom is -0.507 e. The van der Waals surface area contributed by atoms with Gasteiger partial charge in [0.25, 0.3) is 0 Å². The Hall–Kier alpha value is -3.05. The molecule has 140 valence electrons. The van der Waals surface area contributed by atoms with E-state index in [4.69, 9.17) is 21.4 Å². The van der Waals surface area contributed by atoms with E-state index in [9.17, 15) is 5.11 Å². The van der Waals surface area contributed by atoms with Gasteiger partial charge in [-0.2, -0.15) is 5.10 Å². The Morgan fingerprint density at radius 2 is 2.07 bits per heavy atom. The molecule has 2 aliphatic heterocycles. The minimum atomic E-state index is -0.392. The highest BCUT2D eigenvalue weighted by Crippen LogP contribution is 2.48.